The van der Waals surface area contributed by atoms with Crippen molar-refractivity contribution in [2.24, 2.45) is 12.2 Å². The number of rotatable bonds is 1. The van der Waals surface area contributed by atoms with E-state index in [4.69, 9.17) is 0 Å². The van der Waals surface area contributed by atoms with Gasteiger partial charge in [-0.1, -0.05) is 0 Å². The summed E-state index contributed by atoms with van der Waals surface area (Å²) in [7, 11) is 1.39. The Labute approximate surface area is 55.5 Å². The monoisotopic (exact) mass is 140 g/mol. The molecule has 0 bridgehead atoms. The van der Waals surface area contributed by atoms with E-state index in [9.17, 15) is 9.70 Å². The molecule has 0 saturated carbocycles. The molecule has 0 saturated heterocycles. The Kier molecular flexibility index (Phi) is 1.53. The van der Waals surface area contributed by atoms with Crippen LogP contribution in [0.2, 0.25) is 0 Å². The molecule has 0 fully saturated rings. The van der Waals surface area contributed by atoms with E-state index in [0.717, 1.165) is 10.9 Å². The highest BCUT2D eigenvalue weighted by molar-refractivity contribution is 5.17. The molecule has 1 rings (SSSR count). The topological polar surface area (TPSA) is 77.2 Å². The van der Waals surface area contributed by atoms with Gasteiger partial charge in [0.15, 0.2) is 0 Å². The van der Waals surface area contributed by atoms with Crippen molar-refractivity contribution in [1.82, 2.24) is 14.8 Å². The molecule has 0 radical (unpaired) electrons. The summed E-state index contributed by atoms with van der Waals surface area (Å²) in [5.74, 6) is -0.0953. The molecule has 0 unspecified atom stereocenters. The minimum Gasteiger partial charge on any atom is -0.244 e. The summed E-state index contributed by atoms with van der Waals surface area (Å²) < 4.78 is 0.941. The largest absolute Gasteiger partial charge is 0.363 e. The summed E-state index contributed by atoms with van der Waals surface area (Å²) in [4.78, 5) is 23.6. The van der Waals surface area contributed by atoms with Crippen molar-refractivity contribution in [2.75, 3.05) is 0 Å². The van der Waals surface area contributed by atoms with Crippen molar-refractivity contribution >= 4 is 5.82 Å². The molecule has 0 spiro atoms. The molecular weight excluding hydrogens is 136 g/mol. The van der Waals surface area contributed by atoms with Crippen LogP contribution in [0.1, 0.15) is 0 Å². The van der Waals surface area contributed by atoms with Crippen LogP contribution in [0.5, 0.6) is 0 Å². The molecule has 0 atom stereocenters. The van der Waals surface area contributed by atoms with E-state index < -0.39 is 5.69 Å². The summed E-state index contributed by atoms with van der Waals surface area (Å²) in [6.45, 7) is 0. The Hall–Kier alpha value is -1.59. The fraction of sp³-hybridized carbons (Fsp3) is 0.250. The fourth-order valence-electron chi connectivity index (χ4n) is 0.461. The third-order valence-electron chi connectivity index (χ3n) is 0.913. The van der Waals surface area contributed by atoms with Crippen LogP contribution < -0.4 is 5.69 Å². The molecule has 0 aromatic carbocycles. The lowest BCUT2D eigenvalue weighted by Gasteiger charge is -1.90. The molecule has 1 aromatic heterocycles. The van der Waals surface area contributed by atoms with Gasteiger partial charge in [-0.05, 0) is 5.18 Å². The Morgan fingerprint density at radius 1 is 1.70 bits per heavy atom. The lowest BCUT2D eigenvalue weighted by atomic mass is 10.8. The van der Waals surface area contributed by atoms with Crippen LogP contribution in [0.25, 0.3) is 0 Å². The van der Waals surface area contributed by atoms with Crippen molar-refractivity contribution < 1.29 is 0 Å². The summed E-state index contributed by atoms with van der Waals surface area (Å²) >= 11 is 0. The molecule has 0 aliphatic heterocycles. The quantitative estimate of drug-likeness (QED) is 0.496. The second-order valence-corrected chi connectivity index (χ2v) is 1.61. The number of hydrogen-bond acceptors (Lipinski definition) is 5. The highest BCUT2D eigenvalue weighted by Gasteiger charge is 1.94. The molecular formula is C4H4N4O2. The molecule has 6 nitrogen and oxygen atoms in total. The minimum atomic E-state index is -0.507. The number of hydrogen-bond donors (Lipinski definition) is 0. The predicted octanol–water partition coefficient (Wildman–Crippen LogP) is -0.427. The number of aromatic nitrogens is 3. The SMILES string of the molecule is Cn1nc(N=O)cnc1=O. The standard InChI is InChI=1S/C4H4N4O2/c1-8-4(9)5-2-3(6-8)7-10/h2H,1H3. The van der Waals surface area contributed by atoms with Crippen LogP contribution in [-0.4, -0.2) is 14.8 Å². The first-order valence-electron chi connectivity index (χ1n) is 2.48. The Morgan fingerprint density at radius 2 is 2.40 bits per heavy atom. The van der Waals surface area contributed by atoms with Crippen molar-refractivity contribution in [1.29, 1.82) is 0 Å². The van der Waals surface area contributed by atoms with E-state index in [2.05, 4.69) is 15.3 Å². The molecule has 10 heavy (non-hydrogen) atoms. The first kappa shape index (κ1) is 6.53. The van der Waals surface area contributed by atoms with Crippen molar-refractivity contribution in [2.45, 2.75) is 0 Å². The third-order valence-corrected chi connectivity index (χ3v) is 0.913. The normalized spacial score (nSPS) is 9.30. The van der Waals surface area contributed by atoms with Crippen molar-refractivity contribution in [3.63, 3.8) is 0 Å². The highest BCUT2D eigenvalue weighted by atomic mass is 16.3. The lowest BCUT2D eigenvalue weighted by Crippen LogP contribution is -2.21. The Bertz CT molecular complexity index is 304. The van der Waals surface area contributed by atoms with E-state index in [1.54, 1.807) is 0 Å². The van der Waals surface area contributed by atoms with Crippen molar-refractivity contribution in [3.05, 3.63) is 21.6 Å². The van der Waals surface area contributed by atoms with E-state index in [1.165, 1.54) is 7.05 Å². The van der Waals surface area contributed by atoms with Gasteiger partial charge in [0.05, 0.1) is 6.20 Å². The summed E-state index contributed by atoms with van der Waals surface area (Å²) in [5.41, 5.74) is -0.507. The smallest absolute Gasteiger partial charge is 0.244 e. The number of nitroso groups, excluding NO2 is 1. The Morgan fingerprint density at radius 3 is 2.90 bits per heavy atom. The van der Waals surface area contributed by atoms with Gasteiger partial charge in [-0.25, -0.2) is 9.48 Å². The maximum atomic E-state index is 10.5. The van der Waals surface area contributed by atoms with Gasteiger partial charge in [-0.15, -0.1) is 10.0 Å². The molecule has 1 aromatic rings. The average Bonchev–Trinajstić information content (AvgIpc) is 1.95. The average molecular weight is 140 g/mol. The highest BCUT2D eigenvalue weighted by Crippen LogP contribution is 1.97. The summed E-state index contributed by atoms with van der Waals surface area (Å²) in [6, 6.07) is 0. The maximum absolute atomic E-state index is 10.5. The van der Waals surface area contributed by atoms with Gasteiger partial charge in [0.2, 0.25) is 5.82 Å². The van der Waals surface area contributed by atoms with Crippen LogP contribution in [-0.2, 0) is 7.05 Å². The van der Waals surface area contributed by atoms with Crippen LogP contribution in [0.15, 0.2) is 16.2 Å². The van der Waals surface area contributed by atoms with E-state index in [1.807, 2.05) is 0 Å². The second kappa shape index (κ2) is 2.34. The van der Waals surface area contributed by atoms with Crippen LogP contribution in [0.4, 0.5) is 5.82 Å². The van der Waals surface area contributed by atoms with Gasteiger partial charge in [0.25, 0.3) is 0 Å². The predicted molar refractivity (Wildman–Crippen MR) is 32.7 cm³/mol. The fourth-order valence-corrected chi connectivity index (χ4v) is 0.461. The number of nitrogens with zero attached hydrogens (tertiary/aromatic N) is 4. The summed E-state index contributed by atoms with van der Waals surface area (Å²) in [5, 5.41) is 5.94. The molecule has 0 N–H and O–H groups in total. The Balaban J connectivity index is 3.29. The zero-order valence-corrected chi connectivity index (χ0v) is 5.18. The molecule has 52 valence electrons. The zero-order valence-electron chi connectivity index (χ0n) is 5.18. The third kappa shape index (κ3) is 1.04. The van der Waals surface area contributed by atoms with Gasteiger partial charge in [0, 0.05) is 7.05 Å². The van der Waals surface area contributed by atoms with Crippen molar-refractivity contribution in [3.8, 4) is 0 Å². The molecule has 6 heteroatoms. The lowest BCUT2D eigenvalue weighted by molar-refractivity contribution is 0.676. The molecule has 0 aliphatic rings. The van der Waals surface area contributed by atoms with Gasteiger partial charge >= 0.3 is 5.69 Å². The van der Waals surface area contributed by atoms with Gasteiger partial charge in [-0.2, -0.15) is 4.98 Å². The van der Waals surface area contributed by atoms with Gasteiger partial charge in [-0.3, -0.25) is 0 Å². The minimum absolute atomic E-state index is 0.0953. The second-order valence-electron chi connectivity index (χ2n) is 1.61. The first-order chi connectivity index (χ1) is 4.74. The van der Waals surface area contributed by atoms with Crippen LogP contribution in [0.3, 0.4) is 0 Å². The molecule has 1 heterocycles. The maximum Gasteiger partial charge on any atom is 0.363 e. The zero-order chi connectivity index (χ0) is 7.56. The van der Waals surface area contributed by atoms with E-state index in [-0.39, 0.29) is 5.82 Å². The molecule has 0 amide bonds. The van der Waals surface area contributed by atoms with E-state index >= 15 is 0 Å². The van der Waals surface area contributed by atoms with Crippen LogP contribution in [0, 0.1) is 4.91 Å². The summed E-state index contributed by atoms with van der Waals surface area (Å²) in [6.07, 6.45) is 1.02. The first-order valence-corrected chi connectivity index (χ1v) is 2.48. The molecule has 0 aliphatic carbocycles. The van der Waals surface area contributed by atoms with Gasteiger partial charge in [0.1, 0.15) is 0 Å². The van der Waals surface area contributed by atoms with Gasteiger partial charge < -0.3 is 0 Å². The van der Waals surface area contributed by atoms with E-state index in [0.29, 0.717) is 0 Å². The van der Waals surface area contributed by atoms with Crippen LogP contribution >= 0.6 is 0 Å². The number of aryl methyl sites for hydroxylation is 1.